The maximum Gasteiger partial charge on any atom is 0.254 e. The van der Waals surface area contributed by atoms with Gasteiger partial charge in [-0.3, -0.25) is 4.79 Å². The molecule has 2 rings (SSSR count). The lowest BCUT2D eigenvalue weighted by Crippen LogP contribution is -2.38. The third-order valence-corrected chi connectivity index (χ3v) is 3.96. The summed E-state index contributed by atoms with van der Waals surface area (Å²) in [4.78, 5) is 16.6. The number of nitrogens with zero attached hydrogens (tertiary/aromatic N) is 2. The minimum absolute atomic E-state index is 0.182. The minimum Gasteiger partial charge on any atom is -0.378 e. The van der Waals surface area contributed by atoms with E-state index in [1.165, 1.54) is 0 Å². The molecule has 3 heteroatoms. The van der Waals surface area contributed by atoms with Gasteiger partial charge in [-0.1, -0.05) is 13.8 Å². The van der Waals surface area contributed by atoms with E-state index in [1.54, 1.807) is 0 Å². The molecule has 1 unspecified atom stereocenters. The van der Waals surface area contributed by atoms with Crippen molar-refractivity contribution in [1.82, 2.24) is 4.90 Å². The number of anilines is 1. The van der Waals surface area contributed by atoms with Crippen molar-refractivity contribution in [2.45, 2.75) is 32.7 Å². The highest BCUT2D eigenvalue weighted by atomic mass is 16.2. The fourth-order valence-electron chi connectivity index (χ4n) is 2.81. The molecule has 1 heterocycles. The lowest BCUT2D eigenvalue weighted by Gasteiger charge is -2.28. The molecule has 1 saturated heterocycles. The molecule has 0 N–H and O–H groups in total. The molecule has 1 amide bonds. The summed E-state index contributed by atoms with van der Waals surface area (Å²) < 4.78 is 0. The van der Waals surface area contributed by atoms with Crippen molar-refractivity contribution in [3.63, 3.8) is 0 Å². The molecular formula is C16H24N2O. The van der Waals surface area contributed by atoms with Crippen molar-refractivity contribution in [1.29, 1.82) is 0 Å². The van der Waals surface area contributed by atoms with Crippen LogP contribution in [0.2, 0.25) is 0 Å². The van der Waals surface area contributed by atoms with Crippen LogP contribution in [0.5, 0.6) is 0 Å². The first-order valence-corrected chi connectivity index (χ1v) is 7.09. The fraction of sp³-hybridized carbons (Fsp3) is 0.562. The second-order valence-electron chi connectivity index (χ2n) is 5.89. The number of carbonyl (C=O) groups is 1. The fourth-order valence-corrected chi connectivity index (χ4v) is 2.81. The number of hydrogen-bond acceptors (Lipinski definition) is 2. The monoisotopic (exact) mass is 260 g/mol. The van der Waals surface area contributed by atoms with Gasteiger partial charge in [-0.05, 0) is 43.0 Å². The van der Waals surface area contributed by atoms with Crippen LogP contribution in [0, 0.1) is 5.92 Å². The van der Waals surface area contributed by atoms with E-state index in [0.717, 1.165) is 30.6 Å². The van der Waals surface area contributed by atoms with Gasteiger partial charge in [0, 0.05) is 37.9 Å². The third-order valence-electron chi connectivity index (χ3n) is 3.96. The Balaban J connectivity index is 2.15. The molecule has 104 valence electrons. The van der Waals surface area contributed by atoms with Gasteiger partial charge in [0.25, 0.3) is 5.91 Å². The number of likely N-dealkylation sites (tertiary alicyclic amines) is 1. The van der Waals surface area contributed by atoms with Crippen LogP contribution in [0.15, 0.2) is 24.3 Å². The number of benzene rings is 1. The van der Waals surface area contributed by atoms with Gasteiger partial charge in [0.2, 0.25) is 0 Å². The van der Waals surface area contributed by atoms with Crippen molar-refractivity contribution >= 4 is 11.6 Å². The first-order valence-electron chi connectivity index (χ1n) is 7.09. The predicted molar refractivity (Wildman–Crippen MR) is 79.7 cm³/mol. The highest BCUT2D eigenvalue weighted by molar-refractivity contribution is 5.95. The van der Waals surface area contributed by atoms with Crippen LogP contribution in [0.4, 0.5) is 5.69 Å². The average Bonchev–Trinajstić information content (AvgIpc) is 2.87. The Bertz CT molecular complexity index is 437. The summed E-state index contributed by atoms with van der Waals surface area (Å²) in [6.07, 6.45) is 2.27. The van der Waals surface area contributed by atoms with Gasteiger partial charge < -0.3 is 9.80 Å². The van der Waals surface area contributed by atoms with Crippen molar-refractivity contribution in [3.05, 3.63) is 29.8 Å². The quantitative estimate of drug-likeness (QED) is 0.834. The van der Waals surface area contributed by atoms with E-state index in [9.17, 15) is 4.79 Å². The lowest BCUT2D eigenvalue weighted by atomic mass is 10.0. The topological polar surface area (TPSA) is 23.6 Å². The zero-order valence-corrected chi connectivity index (χ0v) is 12.4. The smallest absolute Gasteiger partial charge is 0.254 e. The maximum absolute atomic E-state index is 12.6. The Kier molecular flexibility index (Phi) is 4.13. The van der Waals surface area contributed by atoms with Gasteiger partial charge >= 0.3 is 0 Å². The van der Waals surface area contributed by atoms with Crippen LogP contribution >= 0.6 is 0 Å². The Labute approximate surface area is 116 Å². The molecule has 0 saturated carbocycles. The normalized spacial score (nSPS) is 19.0. The summed E-state index contributed by atoms with van der Waals surface area (Å²) in [5.74, 6) is 0.717. The minimum atomic E-state index is 0.182. The molecular weight excluding hydrogens is 236 g/mol. The molecule has 1 fully saturated rings. The standard InChI is InChI=1S/C16H24N2O/c1-12(2)15-6-5-11-18(15)16(19)13-7-9-14(10-8-13)17(3)4/h7-10,12,15H,5-6,11H2,1-4H3. The van der Waals surface area contributed by atoms with E-state index in [4.69, 9.17) is 0 Å². The molecule has 0 aromatic heterocycles. The van der Waals surface area contributed by atoms with E-state index >= 15 is 0 Å². The van der Waals surface area contributed by atoms with E-state index < -0.39 is 0 Å². The first-order chi connectivity index (χ1) is 9.00. The number of carbonyl (C=O) groups excluding carboxylic acids is 1. The molecule has 19 heavy (non-hydrogen) atoms. The summed E-state index contributed by atoms with van der Waals surface area (Å²) in [6.45, 7) is 5.30. The molecule has 1 aliphatic rings. The van der Waals surface area contributed by atoms with Crippen molar-refractivity contribution in [2.75, 3.05) is 25.5 Å². The molecule has 0 spiro atoms. The van der Waals surface area contributed by atoms with Crippen LogP contribution in [-0.4, -0.2) is 37.5 Å². The first kappa shape index (κ1) is 13.9. The van der Waals surface area contributed by atoms with Gasteiger partial charge in [0.05, 0.1) is 0 Å². The van der Waals surface area contributed by atoms with Gasteiger partial charge in [0.15, 0.2) is 0 Å². The van der Waals surface area contributed by atoms with E-state index in [1.807, 2.05) is 43.3 Å². The Morgan fingerprint density at radius 3 is 2.42 bits per heavy atom. The number of amides is 1. The number of rotatable bonds is 3. The van der Waals surface area contributed by atoms with Crippen molar-refractivity contribution in [3.8, 4) is 0 Å². The Morgan fingerprint density at radius 1 is 1.26 bits per heavy atom. The maximum atomic E-state index is 12.6. The Morgan fingerprint density at radius 2 is 1.89 bits per heavy atom. The van der Waals surface area contributed by atoms with Gasteiger partial charge in [-0.15, -0.1) is 0 Å². The zero-order valence-electron chi connectivity index (χ0n) is 12.4. The van der Waals surface area contributed by atoms with Crippen LogP contribution in [0.1, 0.15) is 37.0 Å². The van der Waals surface area contributed by atoms with Crippen LogP contribution in [-0.2, 0) is 0 Å². The molecule has 1 aromatic carbocycles. The van der Waals surface area contributed by atoms with Gasteiger partial charge in [0.1, 0.15) is 0 Å². The average molecular weight is 260 g/mol. The molecule has 1 atom stereocenters. The van der Waals surface area contributed by atoms with Gasteiger partial charge in [-0.2, -0.15) is 0 Å². The molecule has 3 nitrogen and oxygen atoms in total. The molecule has 0 bridgehead atoms. The second kappa shape index (κ2) is 5.64. The molecule has 1 aliphatic heterocycles. The van der Waals surface area contributed by atoms with Crippen LogP contribution in [0.3, 0.4) is 0 Å². The summed E-state index contributed by atoms with van der Waals surface area (Å²) in [7, 11) is 4.01. The molecule has 1 aromatic rings. The summed E-state index contributed by atoms with van der Waals surface area (Å²) in [5.41, 5.74) is 1.93. The second-order valence-corrected chi connectivity index (χ2v) is 5.89. The van der Waals surface area contributed by atoms with E-state index in [0.29, 0.717) is 12.0 Å². The van der Waals surface area contributed by atoms with Gasteiger partial charge in [-0.25, -0.2) is 0 Å². The van der Waals surface area contributed by atoms with E-state index in [-0.39, 0.29) is 5.91 Å². The summed E-state index contributed by atoms with van der Waals surface area (Å²) in [5, 5.41) is 0. The van der Waals surface area contributed by atoms with Crippen molar-refractivity contribution < 1.29 is 4.79 Å². The van der Waals surface area contributed by atoms with Crippen LogP contribution < -0.4 is 4.90 Å². The molecule has 0 radical (unpaired) electrons. The van der Waals surface area contributed by atoms with E-state index in [2.05, 4.69) is 18.7 Å². The Hall–Kier alpha value is -1.51. The highest BCUT2D eigenvalue weighted by Crippen LogP contribution is 2.26. The largest absolute Gasteiger partial charge is 0.378 e. The van der Waals surface area contributed by atoms with Crippen molar-refractivity contribution in [2.24, 2.45) is 5.92 Å². The number of hydrogen-bond donors (Lipinski definition) is 0. The third kappa shape index (κ3) is 2.91. The summed E-state index contributed by atoms with van der Waals surface area (Å²) in [6, 6.07) is 8.29. The summed E-state index contributed by atoms with van der Waals surface area (Å²) >= 11 is 0. The predicted octanol–water partition coefficient (Wildman–Crippen LogP) is 3.01. The van der Waals surface area contributed by atoms with Crippen LogP contribution in [0.25, 0.3) is 0 Å². The highest BCUT2D eigenvalue weighted by Gasteiger charge is 2.31. The molecule has 0 aliphatic carbocycles. The lowest BCUT2D eigenvalue weighted by molar-refractivity contribution is 0.0701. The SMILES string of the molecule is CC(C)C1CCCN1C(=O)c1ccc(N(C)C)cc1. The zero-order chi connectivity index (χ0) is 14.0.